The summed E-state index contributed by atoms with van der Waals surface area (Å²) in [6.45, 7) is 4.52. The minimum atomic E-state index is -4.56. The van der Waals surface area contributed by atoms with Gasteiger partial charge in [0, 0.05) is 11.3 Å². The number of benzene rings is 4. The van der Waals surface area contributed by atoms with Crippen molar-refractivity contribution < 1.29 is 27.4 Å². The molecule has 1 amide bonds. The van der Waals surface area contributed by atoms with E-state index in [0.29, 0.717) is 30.3 Å². The molecule has 0 bridgehead atoms. The molecule has 4 aromatic rings. The van der Waals surface area contributed by atoms with E-state index in [4.69, 9.17) is 9.47 Å². The van der Waals surface area contributed by atoms with Crippen molar-refractivity contribution in [2.75, 3.05) is 11.9 Å². The van der Waals surface area contributed by atoms with Gasteiger partial charge in [-0.05, 0) is 72.2 Å². The Hall–Kier alpha value is -4.77. The average Bonchev–Trinajstić information content (AvgIpc) is 2.91. The first kappa shape index (κ1) is 27.3. The lowest BCUT2D eigenvalue weighted by molar-refractivity contribution is -0.137. The van der Waals surface area contributed by atoms with Gasteiger partial charge in [0.2, 0.25) is 0 Å². The molecule has 0 saturated carbocycles. The minimum absolute atomic E-state index is 0.0709. The number of amides is 1. The Bertz CT molecular complexity index is 1590. The van der Waals surface area contributed by atoms with Crippen molar-refractivity contribution in [1.82, 2.24) is 0 Å². The fraction of sp³-hybridized carbons (Fsp3) is 0.161. The van der Waals surface area contributed by atoms with Crippen LogP contribution in [0, 0.1) is 18.3 Å². The summed E-state index contributed by atoms with van der Waals surface area (Å²) in [7, 11) is 0. The quantitative estimate of drug-likeness (QED) is 0.187. The second kappa shape index (κ2) is 11.7. The van der Waals surface area contributed by atoms with Gasteiger partial charge < -0.3 is 14.8 Å². The van der Waals surface area contributed by atoms with E-state index in [9.17, 15) is 23.2 Å². The molecule has 39 heavy (non-hydrogen) atoms. The molecule has 0 aliphatic rings. The van der Waals surface area contributed by atoms with E-state index in [1.54, 1.807) is 24.3 Å². The van der Waals surface area contributed by atoms with Gasteiger partial charge >= 0.3 is 6.18 Å². The zero-order valence-electron chi connectivity index (χ0n) is 21.3. The maximum absolute atomic E-state index is 13.0. The molecule has 0 saturated heterocycles. The SMILES string of the molecule is CCOc1cc(/C=C(\C#N)C(=O)Nc2cccc(C(F)(F)F)c2)ccc1OCc1c(C)ccc2ccccc12. The zero-order chi connectivity index (χ0) is 28.0. The lowest BCUT2D eigenvalue weighted by Crippen LogP contribution is -2.14. The van der Waals surface area contributed by atoms with Crippen molar-refractivity contribution >= 4 is 28.4 Å². The number of hydrogen-bond acceptors (Lipinski definition) is 4. The molecule has 0 fully saturated rings. The van der Waals surface area contributed by atoms with Crippen LogP contribution in [0.25, 0.3) is 16.8 Å². The summed E-state index contributed by atoms with van der Waals surface area (Å²) in [5.41, 5.74) is 1.38. The highest BCUT2D eigenvalue weighted by Crippen LogP contribution is 2.33. The summed E-state index contributed by atoms with van der Waals surface area (Å²) < 4.78 is 50.9. The number of halogens is 3. The number of anilines is 1. The van der Waals surface area contributed by atoms with E-state index in [-0.39, 0.29) is 11.3 Å². The Balaban J connectivity index is 1.55. The van der Waals surface area contributed by atoms with E-state index in [1.807, 2.05) is 44.2 Å². The van der Waals surface area contributed by atoms with Crippen LogP contribution in [-0.4, -0.2) is 12.5 Å². The molecule has 198 valence electrons. The van der Waals surface area contributed by atoms with Crippen molar-refractivity contribution in [2.45, 2.75) is 26.6 Å². The third-order valence-corrected chi connectivity index (χ3v) is 6.04. The number of nitriles is 1. The van der Waals surface area contributed by atoms with Crippen LogP contribution in [-0.2, 0) is 17.6 Å². The van der Waals surface area contributed by atoms with Crippen LogP contribution in [0.1, 0.15) is 29.2 Å². The zero-order valence-corrected chi connectivity index (χ0v) is 21.3. The molecule has 0 heterocycles. The van der Waals surface area contributed by atoms with Crippen molar-refractivity contribution in [3.63, 3.8) is 0 Å². The van der Waals surface area contributed by atoms with Gasteiger partial charge in [-0.2, -0.15) is 18.4 Å². The van der Waals surface area contributed by atoms with Crippen molar-refractivity contribution in [3.05, 3.63) is 107 Å². The molecule has 0 atom stereocenters. The lowest BCUT2D eigenvalue weighted by atomic mass is 10.0. The van der Waals surface area contributed by atoms with E-state index >= 15 is 0 Å². The molecule has 4 rings (SSSR count). The van der Waals surface area contributed by atoms with Crippen LogP contribution in [0.4, 0.5) is 18.9 Å². The number of nitrogens with one attached hydrogen (secondary N) is 1. The molecule has 0 unspecified atom stereocenters. The summed E-state index contributed by atoms with van der Waals surface area (Å²) in [5.74, 6) is 0.0921. The van der Waals surface area contributed by atoms with Gasteiger partial charge in [-0.1, -0.05) is 48.5 Å². The normalized spacial score (nSPS) is 11.6. The van der Waals surface area contributed by atoms with Gasteiger partial charge in [0.25, 0.3) is 5.91 Å². The first-order chi connectivity index (χ1) is 18.7. The Morgan fingerprint density at radius 2 is 1.77 bits per heavy atom. The van der Waals surface area contributed by atoms with Gasteiger partial charge in [0.05, 0.1) is 12.2 Å². The molecule has 5 nitrogen and oxygen atoms in total. The second-order valence-corrected chi connectivity index (χ2v) is 8.71. The van der Waals surface area contributed by atoms with Crippen LogP contribution in [0.5, 0.6) is 11.5 Å². The molecular weight excluding hydrogens is 505 g/mol. The van der Waals surface area contributed by atoms with Gasteiger partial charge in [-0.25, -0.2) is 0 Å². The summed E-state index contributed by atoms with van der Waals surface area (Å²) in [6, 6.07) is 23.2. The number of carbonyl (C=O) groups is 1. The van der Waals surface area contributed by atoms with Crippen LogP contribution in [0.3, 0.4) is 0 Å². The number of aryl methyl sites for hydroxylation is 1. The van der Waals surface area contributed by atoms with Crippen molar-refractivity contribution in [1.29, 1.82) is 5.26 Å². The first-order valence-corrected chi connectivity index (χ1v) is 12.2. The van der Waals surface area contributed by atoms with E-state index in [0.717, 1.165) is 34.0 Å². The maximum Gasteiger partial charge on any atom is 0.416 e. The predicted molar refractivity (Wildman–Crippen MR) is 144 cm³/mol. The molecular formula is C31H25F3N2O3. The largest absolute Gasteiger partial charge is 0.490 e. The number of rotatable bonds is 8. The molecule has 4 aromatic carbocycles. The molecule has 0 aliphatic heterocycles. The number of ether oxygens (including phenoxy) is 2. The number of fused-ring (bicyclic) bond motifs is 1. The van der Waals surface area contributed by atoms with Crippen LogP contribution in [0.15, 0.2) is 84.4 Å². The van der Waals surface area contributed by atoms with Gasteiger partial charge in [-0.15, -0.1) is 0 Å². The average molecular weight is 531 g/mol. The van der Waals surface area contributed by atoms with Crippen LogP contribution in [0.2, 0.25) is 0 Å². The third kappa shape index (κ3) is 6.57. The van der Waals surface area contributed by atoms with E-state index < -0.39 is 17.6 Å². The Morgan fingerprint density at radius 3 is 2.51 bits per heavy atom. The highest BCUT2D eigenvalue weighted by Gasteiger charge is 2.30. The summed E-state index contributed by atoms with van der Waals surface area (Å²) in [4.78, 5) is 12.6. The summed E-state index contributed by atoms with van der Waals surface area (Å²) >= 11 is 0. The highest BCUT2D eigenvalue weighted by atomic mass is 19.4. The molecule has 0 aliphatic carbocycles. The van der Waals surface area contributed by atoms with Gasteiger partial charge in [0.15, 0.2) is 11.5 Å². The van der Waals surface area contributed by atoms with Gasteiger partial charge in [0.1, 0.15) is 18.2 Å². The lowest BCUT2D eigenvalue weighted by Gasteiger charge is -2.15. The van der Waals surface area contributed by atoms with Crippen molar-refractivity contribution in [3.8, 4) is 17.6 Å². The molecule has 0 aromatic heterocycles. The van der Waals surface area contributed by atoms with E-state index in [2.05, 4.69) is 11.4 Å². The molecule has 0 spiro atoms. The fourth-order valence-corrected chi connectivity index (χ4v) is 4.08. The van der Waals surface area contributed by atoms with E-state index in [1.165, 1.54) is 18.2 Å². The topological polar surface area (TPSA) is 71.3 Å². The fourth-order valence-electron chi connectivity index (χ4n) is 4.08. The molecule has 1 N–H and O–H groups in total. The van der Waals surface area contributed by atoms with Crippen molar-refractivity contribution in [2.24, 2.45) is 0 Å². The second-order valence-electron chi connectivity index (χ2n) is 8.71. The van der Waals surface area contributed by atoms with Crippen LogP contribution < -0.4 is 14.8 Å². The monoisotopic (exact) mass is 530 g/mol. The summed E-state index contributed by atoms with van der Waals surface area (Å²) in [6.07, 6.45) is -3.22. The predicted octanol–water partition coefficient (Wildman–Crippen LogP) is 7.69. The highest BCUT2D eigenvalue weighted by molar-refractivity contribution is 6.09. The first-order valence-electron chi connectivity index (χ1n) is 12.2. The van der Waals surface area contributed by atoms with Crippen LogP contribution >= 0.6 is 0 Å². The smallest absolute Gasteiger partial charge is 0.416 e. The molecule has 8 heteroatoms. The Morgan fingerprint density at radius 1 is 0.974 bits per heavy atom. The minimum Gasteiger partial charge on any atom is -0.490 e. The number of carbonyl (C=O) groups excluding carboxylic acids is 1. The number of alkyl halides is 3. The molecule has 0 radical (unpaired) electrons. The number of nitrogens with zero attached hydrogens (tertiary/aromatic N) is 1. The third-order valence-electron chi connectivity index (χ3n) is 6.04. The standard InChI is InChI=1S/C31H25F3N2O3/c1-3-38-29-16-21(15-23(18-35)30(37)36-25-9-6-8-24(17-25)31(32,33)34)12-14-28(29)39-19-27-20(2)11-13-22-7-4-5-10-26(22)27/h4-17H,3,19H2,1-2H3,(H,36,37)/b23-15+. The Kier molecular flexibility index (Phi) is 8.21. The maximum atomic E-state index is 13.0. The summed E-state index contributed by atoms with van der Waals surface area (Å²) in [5, 5.41) is 14.1. The Labute approximate surface area is 224 Å². The van der Waals surface area contributed by atoms with Gasteiger partial charge in [-0.3, -0.25) is 4.79 Å². The number of hydrogen-bond donors (Lipinski definition) is 1.